The molecular weight excluding hydrogens is 550 g/mol. The third-order valence-corrected chi connectivity index (χ3v) is 9.18. The van der Waals surface area contributed by atoms with Gasteiger partial charge in [0, 0.05) is 54.5 Å². The van der Waals surface area contributed by atoms with Crippen molar-refractivity contribution >= 4 is 27.6 Å². The second-order valence-electron chi connectivity index (χ2n) is 12.5. The van der Waals surface area contributed by atoms with Gasteiger partial charge < -0.3 is 19.9 Å². The van der Waals surface area contributed by atoms with E-state index in [0.717, 1.165) is 18.4 Å². The first kappa shape index (κ1) is 27.3. The number of rotatable bonds is 7. The summed E-state index contributed by atoms with van der Waals surface area (Å²) in [4.78, 5) is 12.7. The summed E-state index contributed by atoms with van der Waals surface area (Å²) in [7, 11) is 3.46. The number of nitrogens with zero attached hydrogens (tertiary/aromatic N) is 5. The summed E-state index contributed by atoms with van der Waals surface area (Å²) < 4.78 is 67.6. The van der Waals surface area contributed by atoms with E-state index in [9.17, 15) is 8.78 Å². The fourth-order valence-corrected chi connectivity index (χ4v) is 6.88. The number of hydrogen-bond acceptors (Lipinski definition) is 7. The van der Waals surface area contributed by atoms with Gasteiger partial charge in [0.25, 0.3) is 5.92 Å². The van der Waals surface area contributed by atoms with Crippen LogP contribution in [0.5, 0.6) is 6.01 Å². The van der Waals surface area contributed by atoms with Crippen molar-refractivity contribution in [2.75, 3.05) is 45.2 Å². The van der Waals surface area contributed by atoms with Crippen LogP contribution in [0.2, 0.25) is 0 Å². The van der Waals surface area contributed by atoms with Crippen LogP contribution in [-0.2, 0) is 0 Å². The van der Waals surface area contributed by atoms with Crippen molar-refractivity contribution < 1.29 is 22.3 Å². The van der Waals surface area contributed by atoms with E-state index in [-0.39, 0.29) is 54.1 Å². The molecule has 2 aromatic carbocycles. The molecule has 0 amide bonds. The zero-order valence-corrected chi connectivity index (χ0v) is 24.0. The van der Waals surface area contributed by atoms with E-state index in [0.29, 0.717) is 40.9 Å². The summed E-state index contributed by atoms with van der Waals surface area (Å²) in [6, 6.07) is 3.43. The topological polar surface area (TPSA) is 82.2 Å². The SMILES string of the molecule is Cc1cc2[nH]ncc2c(-c2c(F)cc3c(N4CC5CCC(C4)N5)nc(OCC4(CN(C)C)CC4(F)F)nc3c2F)c1C. The van der Waals surface area contributed by atoms with Gasteiger partial charge in [-0.15, -0.1) is 0 Å². The molecular formula is C30H33F4N7O. The molecule has 3 atom stereocenters. The lowest BCUT2D eigenvalue weighted by molar-refractivity contribution is 0.0288. The summed E-state index contributed by atoms with van der Waals surface area (Å²) in [6.45, 7) is 4.69. The van der Waals surface area contributed by atoms with Gasteiger partial charge in [0.05, 0.1) is 22.7 Å². The molecule has 42 heavy (non-hydrogen) atoms. The van der Waals surface area contributed by atoms with Gasteiger partial charge in [-0.3, -0.25) is 5.10 Å². The molecule has 0 radical (unpaired) electrons. The molecule has 3 unspecified atom stereocenters. The number of H-pyrrole nitrogens is 1. The Kier molecular flexibility index (Phi) is 6.18. The van der Waals surface area contributed by atoms with Gasteiger partial charge in [-0.1, -0.05) is 0 Å². The number of anilines is 1. The molecule has 0 spiro atoms. The molecule has 12 heteroatoms. The van der Waals surface area contributed by atoms with Crippen LogP contribution in [0, 0.1) is 30.9 Å². The number of hydrogen-bond donors (Lipinski definition) is 2. The Morgan fingerprint density at radius 3 is 2.43 bits per heavy atom. The van der Waals surface area contributed by atoms with Gasteiger partial charge in [0.2, 0.25) is 0 Å². The van der Waals surface area contributed by atoms with Crippen LogP contribution < -0.4 is 15.0 Å². The molecule has 222 valence electrons. The zero-order chi connectivity index (χ0) is 29.6. The Bertz CT molecular complexity index is 1710. The maximum atomic E-state index is 16.7. The van der Waals surface area contributed by atoms with E-state index in [4.69, 9.17) is 4.74 Å². The molecule has 2 saturated heterocycles. The second-order valence-corrected chi connectivity index (χ2v) is 12.5. The highest BCUT2D eigenvalue weighted by Crippen LogP contribution is 2.60. The number of aryl methyl sites for hydroxylation is 1. The normalized spacial score (nSPS) is 24.7. The Labute approximate surface area is 240 Å². The van der Waals surface area contributed by atoms with E-state index in [1.54, 1.807) is 25.2 Å². The van der Waals surface area contributed by atoms with E-state index < -0.39 is 23.0 Å². The third kappa shape index (κ3) is 4.29. The number of fused-ring (bicyclic) bond motifs is 4. The monoisotopic (exact) mass is 583 g/mol. The average molecular weight is 584 g/mol. The van der Waals surface area contributed by atoms with Crippen LogP contribution in [0.25, 0.3) is 32.9 Å². The van der Waals surface area contributed by atoms with Gasteiger partial charge in [-0.25, -0.2) is 17.6 Å². The van der Waals surface area contributed by atoms with Crippen LogP contribution in [-0.4, -0.2) is 83.4 Å². The minimum absolute atomic E-state index is 0.112. The van der Waals surface area contributed by atoms with E-state index >= 15 is 8.78 Å². The Hall–Kier alpha value is -3.51. The number of piperazine rings is 1. The van der Waals surface area contributed by atoms with Crippen molar-refractivity contribution in [3.05, 3.63) is 41.1 Å². The predicted molar refractivity (Wildman–Crippen MR) is 152 cm³/mol. The van der Waals surface area contributed by atoms with Crippen molar-refractivity contribution in [3.63, 3.8) is 0 Å². The minimum atomic E-state index is -2.88. The van der Waals surface area contributed by atoms with Crippen LogP contribution in [0.15, 0.2) is 18.3 Å². The molecule has 3 aliphatic rings. The summed E-state index contributed by atoms with van der Waals surface area (Å²) in [5.74, 6) is -4.13. The first-order valence-electron chi connectivity index (χ1n) is 14.3. The van der Waals surface area contributed by atoms with Gasteiger partial charge in [-0.2, -0.15) is 15.1 Å². The summed E-state index contributed by atoms with van der Waals surface area (Å²) in [6.07, 6.45) is 3.24. The average Bonchev–Trinajstić information content (AvgIpc) is 3.23. The van der Waals surface area contributed by atoms with E-state index in [2.05, 4.69) is 25.5 Å². The van der Waals surface area contributed by atoms with Crippen LogP contribution in [0.4, 0.5) is 23.4 Å². The molecule has 4 aromatic rings. The molecule has 3 fully saturated rings. The fourth-order valence-electron chi connectivity index (χ4n) is 6.88. The quantitative estimate of drug-likeness (QED) is 0.297. The molecule has 4 heterocycles. The largest absolute Gasteiger partial charge is 0.463 e. The maximum absolute atomic E-state index is 16.7. The Balaban J connectivity index is 1.38. The lowest BCUT2D eigenvalue weighted by Gasteiger charge is -2.34. The first-order valence-corrected chi connectivity index (χ1v) is 14.3. The standard InChI is InChI=1S/C30H33F4N7O/c1-15-7-22-20(9-35-39-22)23(16(15)2)24-21(31)8-19-26(25(24)32)37-28(42-14-29(13-40(3)4)12-30(29,33)34)38-27(19)41-10-17-5-6-18(11-41)36-17/h7-9,17-18,36H,5-6,10-14H2,1-4H3,(H,35,39). The molecule has 1 aliphatic carbocycles. The lowest BCUT2D eigenvalue weighted by atomic mass is 9.92. The van der Waals surface area contributed by atoms with Crippen molar-refractivity contribution in [2.45, 2.75) is 51.1 Å². The van der Waals surface area contributed by atoms with E-state index in [1.165, 1.54) is 6.07 Å². The fraction of sp³-hybridized carbons (Fsp3) is 0.500. The summed E-state index contributed by atoms with van der Waals surface area (Å²) >= 11 is 0. The van der Waals surface area contributed by atoms with Gasteiger partial charge in [0.1, 0.15) is 23.8 Å². The van der Waals surface area contributed by atoms with Crippen molar-refractivity contribution in [3.8, 4) is 17.1 Å². The zero-order valence-electron chi connectivity index (χ0n) is 24.0. The van der Waals surface area contributed by atoms with Crippen LogP contribution >= 0.6 is 0 Å². The van der Waals surface area contributed by atoms with Crippen LogP contribution in [0.1, 0.15) is 30.4 Å². The van der Waals surface area contributed by atoms with Crippen molar-refractivity contribution in [2.24, 2.45) is 5.41 Å². The maximum Gasteiger partial charge on any atom is 0.319 e. The Morgan fingerprint density at radius 1 is 1.05 bits per heavy atom. The molecule has 7 rings (SSSR count). The lowest BCUT2D eigenvalue weighted by Crippen LogP contribution is -2.51. The number of benzene rings is 2. The van der Waals surface area contributed by atoms with Gasteiger partial charge in [-0.05, 0) is 64.0 Å². The number of aromatic nitrogens is 4. The number of halogens is 4. The number of nitrogens with one attached hydrogen (secondary N) is 2. The number of aromatic amines is 1. The highest BCUT2D eigenvalue weighted by Gasteiger charge is 2.71. The summed E-state index contributed by atoms with van der Waals surface area (Å²) in [5, 5.41) is 11.3. The molecule has 2 aromatic heterocycles. The molecule has 1 saturated carbocycles. The molecule has 8 nitrogen and oxygen atoms in total. The molecule has 2 N–H and O–H groups in total. The first-order chi connectivity index (χ1) is 20.0. The highest BCUT2D eigenvalue weighted by molar-refractivity contribution is 6.01. The second kappa shape index (κ2) is 9.50. The van der Waals surface area contributed by atoms with E-state index in [1.807, 2.05) is 24.8 Å². The Morgan fingerprint density at radius 2 is 1.76 bits per heavy atom. The van der Waals surface area contributed by atoms with Gasteiger partial charge in [0.15, 0.2) is 5.82 Å². The highest BCUT2D eigenvalue weighted by atomic mass is 19.3. The summed E-state index contributed by atoms with van der Waals surface area (Å²) in [5.41, 5.74) is 0.908. The minimum Gasteiger partial charge on any atom is -0.463 e. The smallest absolute Gasteiger partial charge is 0.319 e. The van der Waals surface area contributed by atoms with Crippen molar-refractivity contribution in [1.82, 2.24) is 30.4 Å². The van der Waals surface area contributed by atoms with Crippen molar-refractivity contribution in [1.29, 1.82) is 0 Å². The molecule has 2 aliphatic heterocycles. The molecule has 2 bridgehead atoms. The van der Waals surface area contributed by atoms with Gasteiger partial charge >= 0.3 is 6.01 Å². The number of alkyl halides is 2. The van der Waals surface area contributed by atoms with Crippen LogP contribution in [0.3, 0.4) is 0 Å². The predicted octanol–water partition coefficient (Wildman–Crippen LogP) is 4.97. The third-order valence-electron chi connectivity index (χ3n) is 9.18. The number of ether oxygens (including phenoxy) is 1.